The molecule has 1 aliphatic rings. The number of nitrogens with zero attached hydrogens (tertiary/aromatic N) is 2. The Bertz CT molecular complexity index is 434. The molecular weight excluding hydrogens is 222 g/mol. The zero-order valence-electron chi connectivity index (χ0n) is 11.2. The summed E-state index contributed by atoms with van der Waals surface area (Å²) in [4.78, 5) is 2.48. The third-order valence-corrected chi connectivity index (χ3v) is 4.05. The summed E-state index contributed by atoms with van der Waals surface area (Å²) in [6.45, 7) is 6.58. The molecule has 3 nitrogen and oxygen atoms in total. The molecule has 1 fully saturated rings. The third kappa shape index (κ3) is 2.55. The van der Waals surface area contributed by atoms with E-state index in [-0.39, 0.29) is 5.54 Å². The van der Waals surface area contributed by atoms with Crippen molar-refractivity contribution in [3.8, 4) is 6.07 Å². The number of benzene rings is 1. The van der Waals surface area contributed by atoms with Crippen molar-refractivity contribution < 1.29 is 0 Å². The van der Waals surface area contributed by atoms with Gasteiger partial charge in [0.25, 0.3) is 0 Å². The fraction of sp³-hybridized carbons (Fsp3) is 0.533. The zero-order chi connectivity index (χ0) is 13.2. The van der Waals surface area contributed by atoms with E-state index in [1.807, 2.05) is 12.1 Å². The van der Waals surface area contributed by atoms with Gasteiger partial charge < -0.3 is 5.73 Å². The second-order valence-corrected chi connectivity index (χ2v) is 5.57. The first-order valence-corrected chi connectivity index (χ1v) is 6.55. The quantitative estimate of drug-likeness (QED) is 0.866. The molecule has 0 aromatic heterocycles. The summed E-state index contributed by atoms with van der Waals surface area (Å²) in [6, 6.07) is 10.4. The van der Waals surface area contributed by atoms with E-state index in [0.29, 0.717) is 6.04 Å². The van der Waals surface area contributed by atoms with Gasteiger partial charge in [-0.3, -0.25) is 4.90 Å². The van der Waals surface area contributed by atoms with Crippen molar-refractivity contribution in [1.82, 2.24) is 4.90 Å². The Morgan fingerprint density at radius 3 is 2.28 bits per heavy atom. The van der Waals surface area contributed by atoms with Crippen LogP contribution in [0.15, 0.2) is 24.3 Å². The Labute approximate surface area is 109 Å². The molecule has 0 radical (unpaired) electrons. The molecule has 18 heavy (non-hydrogen) atoms. The van der Waals surface area contributed by atoms with Crippen LogP contribution in [0.5, 0.6) is 0 Å². The molecule has 0 bridgehead atoms. The molecular formula is C15H21N3. The Kier molecular flexibility index (Phi) is 3.70. The van der Waals surface area contributed by atoms with Crippen LogP contribution in [0, 0.1) is 11.3 Å². The van der Waals surface area contributed by atoms with Crippen LogP contribution < -0.4 is 5.73 Å². The molecule has 96 valence electrons. The Balaban J connectivity index is 2.16. The number of nitriles is 1. The molecule has 1 aliphatic heterocycles. The van der Waals surface area contributed by atoms with E-state index in [1.165, 1.54) is 5.56 Å². The SMILES string of the molecule is CC(C)(c1ccc(C#N)cc1)N1CCC(N)CC1. The fourth-order valence-electron chi connectivity index (χ4n) is 2.59. The Morgan fingerprint density at radius 1 is 1.22 bits per heavy atom. The van der Waals surface area contributed by atoms with Crippen molar-refractivity contribution in [3.05, 3.63) is 35.4 Å². The van der Waals surface area contributed by atoms with Gasteiger partial charge in [-0.1, -0.05) is 12.1 Å². The van der Waals surface area contributed by atoms with Crippen molar-refractivity contribution in [2.75, 3.05) is 13.1 Å². The minimum absolute atomic E-state index is 0.00806. The van der Waals surface area contributed by atoms with Gasteiger partial charge in [0.05, 0.1) is 11.6 Å². The lowest BCUT2D eigenvalue weighted by Crippen LogP contribution is -2.48. The second-order valence-electron chi connectivity index (χ2n) is 5.57. The molecule has 0 aliphatic carbocycles. The summed E-state index contributed by atoms with van der Waals surface area (Å²) in [5, 5.41) is 8.83. The molecule has 0 spiro atoms. The van der Waals surface area contributed by atoms with Gasteiger partial charge in [0.2, 0.25) is 0 Å². The standard InChI is InChI=1S/C15H21N3/c1-15(2,18-9-7-14(17)8-10-18)13-5-3-12(11-16)4-6-13/h3-6,14H,7-10,17H2,1-2H3. The largest absolute Gasteiger partial charge is 0.328 e. The summed E-state index contributed by atoms with van der Waals surface area (Å²) in [6.07, 6.45) is 2.14. The van der Waals surface area contributed by atoms with Crippen LogP contribution in [0.25, 0.3) is 0 Å². The summed E-state index contributed by atoms with van der Waals surface area (Å²) in [5.41, 5.74) is 7.94. The smallest absolute Gasteiger partial charge is 0.0991 e. The molecule has 0 saturated carbocycles. The Morgan fingerprint density at radius 2 is 1.78 bits per heavy atom. The number of rotatable bonds is 2. The van der Waals surface area contributed by atoms with Gasteiger partial charge in [-0.25, -0.2) is 0 Å². The highest BCUT2D eigenvalue weighted by Crippen LogP contribution is 2.30. The monoisotopic (exact) mass is 243 g/mol. The van der Waals surface area contributed by atoms with Gasteiger partial charge in [0, 0.05) is 24.7 Å². The van der Waals surface area contributed by atoms with Crippen LogP contribution in [-0.4, -0.2) is 24.0 Å². The van der Waals surface area contributed by atoms with E-state index in [1.54, 1.807) is 0 Å². The van der Waals surface area contributed by atoms with Crippen LogP contribution in [-0.2, 0) is 5.54 Å². The predicted molar refractivity (Wildman–Crippen MR) is 73.0 cm³/mol. The highest BCUT2D eigenvalue weighted by atomic mass is 15.2. The van der Waals surface area contributed by atoms with E-state index in [9.17, 15) is 0 Å². The van der Waals surface area contributed by atoms with Crippen LogP contribution in [0.1, 0.15) is 37.8 Å². The normalized spacial score (nSPS) is 18.6. The van der Waals surface area contributed by atoms with Gasteiger partial charge >= 0.3 is 0 Å². The second kappa shape index (κ2) is 5.09. The maximum absolute atomic E-state index is 8.83. The third-order valence-electron chi connectivity index (χ3n) is 4.05. The molecule has 1 heterocycles. The van der Waals surface area contributed by atoms with Gasteiger partial charge in [0.15, 0.2) is 0 Å². The number of hydrogen-bond donors (Lipinski definition) is 1. The van der Waals surface area contributed by atoms with Crippen molar-refractivity contribution in [2.24, 2.45) is 5.73 Å². The van der Waals surface area contributed by atoms with Crippen molar-refractivity contribution >= 4 is 0 Å². The Hall–Kier alpha value is -1.37. The number of likely N-dealkylation sites (tertiary alicyclic amines) is 1. The average molecular weight is 243 g/mol. The minimum atomic E-state index is 0.00806. The maximum atomic E-state index is 8.83. The number of piperidine rings is 1. The summed E-state index contributed by atoms with van der Waals surface area (Å²) >= 11 is 0. The van der Waals surface area contributed by atoms with Gasteiger partial charge in [-0.15, -0.1) is 0 Å². The van der Waals surface area contributed by atoms with Gasteiger partial charge in [-0.2, -0.15) is 5.26 Å². The van der Waals surface area contributed by atoms with Crippen molar-refractivity contribution in [2.45, 2.75) is 38.3 Å². The first-order chi connectivity index (χ1) is 8.54. The van der Waals surface area contributed by atoms with E-state index in [4.69, 9.17) is 11.0 Å². The lowest BCUT2D eigenvalue weighted by Gasteiger charge is -2.42. The molecule has 2 rings (SSSR count). The summed E-state index contributed by atoms with van der Waals surface area (Å²) in [5.74, 6) is 0. The molecule has 0 unspecified atom stereocenters. The molecule has 1 aromatic rings. The van der Waals surface area contributed by atoms with Crippen LogP contribution >= 0.6 is 0 Å². The molecule has 1 saturated heterocycles. The van der Waals surface area contributed by atoms with Crippen LogP contribution in [0.3, 0.4) is 0 Å². The maximum Gasteiger partial charge on any atom is 0.0991 e. The molecule has 0 amide bonds. The zero-order valence-corrected chi connectivity index (χ0v) is 11.2. The average Bonchev–Trinajstić information content (AvgIpc) is 2.39. The van der Waals surface area contributed by atoms with Crippen molar-refractivity contribution in [3.63, 3.8) is 0 Å². The first-order valence-electron chi connectivity index (χ1n) is 6.55. The lowest BCUT2D eigenvalue weighted by atomic mass is 9.89. The molecule has 0 atom stereocenters. The molecule has 3 heteroatoms. The molecule has 1 aromatic carbocycles. The number of hydrogen-bond acceptors (Lipinski definition) is 3. The highest BCUT2D eigenvalue weighted by Gasteiger charge is 2.31. The van der Waals surface area contributed by atoms with Crippen LogP contribution in [0.4, 0.5) is 0 Å². The topological polar surface area (TPSA) is 53.0 Å². The van der Waals surface area contributed by atoms with Crippen LogP contribution in [0.2, 0.25) is 0 Å². The van der Waals surface area contributed by atoms with Gasteiger partial charge in [0.1, 0.15) is 0 Å². The molecule has 2 N–H and O–H groups in total. The van der Waals surface area contributed by atoms with E-state index in [2.05, 4.69) is 36.9 Å². The van der Waals surface area contributed by atoms with E-state index >= 15 is 0 Å². The first kappa shape index (κ1) is 13.1. The van der Waals surface area contributed by atoms with Crippen molar-refractivity contribution in [1.29, 1.82) is 5.26 Å². The van der Waals surface area contributed by atoms with Gasteiger partial charge in [-0.05, 0) is 44.4 Å². The predicted octanol–water partition coefficient (Wildman–Crippen LogP) is 2.22. The highest BCUT2D eigenvalue weighted by molar-refractivity contribution is 5.34. The number of nitrogens with two attached hydrogens (primary N) is 1. The fourth-order valence-corrected chi connectivity index (χ4v) is 2.59. The van der Waals surface area contributed by atoms with E-state index in [0.717, 1.165) is 31.5 Å². The van der Waals surface area contributed by atoms with E-state index < -0.39 is 0 Å². The lowest BCUT2D eigenvalue weighted by molar-refractivity contribution is 0.0874. The summed E-state index contributed by atoms with van der Waals surface area (Å²) in [7, 11) is 0. The summed E-state index contributed by atoms with van der Waals surface area (Å²) < 4.78 is 0. The minimum Gasteiger partial charge on any atom is -0.328 e.